The monoisotopic (exact) mass is 390 g/mol. The highest BCUT2D eigenvalue weighted by atomic mass is 16.6. The van der Waals surface area contributed by atoms with Gasteiger partial charge in [-0.25, -0.2) is 4.79 Å². The number of hydrogen-bond acceptors (Lipinski definition) is 5. The molecule has 0 aliphatic rings. The highest BCUT2D eigenvalue weighted by Gasteiger charge is 2.30. The lowest BCUT2D eigenvalue weighted by atomic mass is 9.94. The lowest BCUT2D eigenvalue weighted by Crippen LogP contribution is -2.50. The first-order valence-electron chi connectivity index (χ1n) is 9.77. The molecule has 156 valence electrons. The smallest absolute Gasteiger partial charge is 0.329 e. The zero-order valence-electron chi connectivity index (χ0n) is 17.9. The summed E-state index contributed by atoms with van der Waals surface area (Å²) in [6.07, 6.45) is 0.354. The van der Waals surface area contributed by atoms with Gasteiger partial charge in [-0.15, -0.1) is 0 Å². The molecule has 6 nitrogen and oxygen atoms in total. The molecule has 0 saturated heterocycles. The van der Waals surface area contributed by atoms with Gasteiger partial charge in [0.15, 0.2) is 0 Å². The normalized spacial score (nSPS) is 13.7. The number of ketones is 1. The lowest BCUT2D eigenvalue weighted by Gasteiger charge is -2.27. The molecule has 0 saturated carbocycles. The molecule has 0 aromatic heterocycles. The molecule has 6 heteroatoms. The maximum absolute atomic E-state index is 12.9. The Kier molecular flexibility index (Phi) is 9.32. The summed E-state index contributed by atoms with van der Waals surface area (Å²) in [5.74, 6) is -0.976. The number of rotatable bonds is 10. The van der Waals surface area contributed by atoms with E-state index < -0.39 is 17.6 Å². The van der Waals surface area contributed by atoms with Crippen molar-refractivity contribution in [2.45, 2.75) is 59.6 Å². The second-order valence-electron chi connectivity index (χ2n) is 8.47. The summed E-state index contributed by atoms with van der Waals surface area (Å²) in [5, 5.41) is 5.88. The van der Waals surface area contributed by atoms with Gasteiger partial charge in [0.25, 0.3) is 0 Å². The Morgan fingerprint density at radius 3 is 2.18 bits per heavy atom. The van der Waals surface area contributed by atoms with E-state index in [1.54, 1.807) is 20.8 Å². The predicted octanol–water partition coefficient (Wildman–Crippen LogP) is 2.51. The van der Waals surface area contributed by atoms with Crippen molar-refractivity contribution < 1.29 is 19.1 Å². The van der Waals surface area contributed by atoms with E-state index in [-0.39, 0.29) is 30.1 Å². The summed E-state index contributed by atoms with van der Waals surface area (Å²) in [7, 11) is 0. The van der Waals surface area contributed by atoms with Crippen LogP contribution in [0.15, 0.2) is 30.3 Å². The summed E-state index contributed by atoms with van der Waals surface area (Å²) in [4.78, 5) is 36.7. The molecule has 0 heterocycles. The van der Waals surface area contributed by atoms with Gasteiger partial charge in [-0.05, 0) is 39.2 Å². The van der Waals surface area contributed by atoms with Crippen molar-refractivity contribution in [2.24, 2.45) is 11.8 Å². The molecule has 0 spiro atoms. The fraction of sp³-hybridized carbons (Fsp3) is 0.591. The maximum atomic E-state index is 12.9. The Hall–Kier alpha value is -2.21. The summed E-state index contributed by atoms with van der Waals surface area (Å²) >= 11 is 0. The molecule has 0 radical (unpaired) electrons. The minimum Gasteiger partial charge on any atom is -0.458 e. The van der Waals surface area contributed by atoms with Crippen LogP contribution in [-0.2, 0) is 25.5 Å². The zero-order valence-corrected chi connectivity index (χ0v) is 17.9. The highest BCUT2D eigenvalue weighted by molar-refractivity contribution is 5.86. The third kappa shape index (κ3) is 9.13. The highest BCUT2D eigenvalue weighted by Crippen LogP contribution is 2.14. The van der Waals surface area contributed by atoms with Crippen LogP contribution in [0.4, 0.5) is 0 Å². The van der Waals surface area contributed by atoms with Gasteiger partial charge in [-0.2, -0.15) is 0 Å². The molecule has 28 heavy (non-hydrogen) atoms. The third-order valence-corrected chi connectivity index (χ3v) is 4.17. The quantitative estimate of drug-likeness (QED) is 0.600. The molecule has 2 N–H and O–H groups in total. The van der Waals surface area contributed by atoms with Gasteiger partial charge in [0.05, 0.1) is 12.5 Å². The van der Waals surface area contributed by atoms with Crippen LogP contribution < -0.4 is 10.6 Å². The number of ether oxygens (including phenoxy) is 1. The first-order valence-corrected chi connectivity index (χ1v) is 9.77. The van der Waals surface area contributed by atoms with Crippen molar-refractivity contribution in [1.29, 1.82) is 0 Å². The van der Waals surface area contributed by atoms with Crippen LogP contribution in [0.5, 0.6) is 0 Å². The van der Waals surface area contributed by atoms with Crippen LogP contribution in [0.2, 0.25) is 0 Å². The number of carbonyl (C=O) groups is 3. The number of amides is 1. The Balaban J connectivity index is 2.90. The van der Waals surface area contributed by atoms with Gasteiger partial charge < -0.3 is 15.4 Å². The average molecular weight is 391 g/mol. The molecule has 1 amide bonds. The Bertz CT molecular complexity index is 650. The number of carbonyl (C=O) groups excluding carboxylic acids is 3. The second-order valence-corrected chi connectivity index (χ2v) is 8.47. The maximum Gasteiger partial charge on any atom is 0.329 e. The van der Waals surface area contributed by atoms with E-state index in [0.717, 1.165) is 5.56 Å². The molecule has 2 atom stereocenters. The van der Waals surface area contributed by atoms with E-state index in [1.807, 2.05) is 44.2 Å². The molecule has 0 aliphatic heterocycles. The molecular formula is C22H34N2O4. The van der Waals surface area contributed by atoms with Gasteiger partial charge in [-0.3, -0.25) is 9.59 Å². The molecule has 2 unspecified atom stereocenters. The lowest BCUT2D eigenvalue weighted by molar-refractivity contribution is -0.159. The average Bonchev–Trinajstić information content (AvgIpc) is 2.56. The van der Waals surface area contributed by atoms with Crippen LogP contribution in [0.1, 0.15) is 47.1 Å². The molecular weight excluding hydrogens is 356 g/mol. The van der Waals surface area contributed by atoms with Gasteiger partial charge in [0.1, 0.15) is 17.4 Å². The van der Waals surface area contributed by atoms with E-state index in [2.05, 4.69) is 10.6 Å². The molecule has 0 aliphatic carbocycles. The van der Waals surface area contributed by atoms with Gasteiger partial charge >= 0.3 is 5.97 Å². The Morgan fingerprint density at radius 1 is 1.07 bits per heavy atom. The van der Waals surface area contributed by atoms with E-state index in [0.29, 0.717) is 13.0 Å². The van der Waals surface area contributed by atoms with Crippen LogP contribution in [0.3, 0.4) is 0 Å². The predicted molar refractivity (Wildman–Crippen MR) is 110 cm³/mol. The Morgan fingerprint density at radius 2 is 1.68 bits per heavy atom. The fourth-order valence-electron chi connectivity index (χ4n) is 2.73. The van der Waals surface area contributed by atoms with Crippen LogP contribution >= 0.6 is 0 Å². The SMILES string of the molecule is CC(=O)CNCC(C(=O)NC(Cc1ccccc1)C(=O)OC(C)(C)C)C(C)C. The van der Waals surface area contributed by atoms with Crippen molar-refractivity contribution in [3.05, 3.63) is 35.9 Å². The molecule has 1 aromatic carbocycles. The third-order valence-electron chi connectivity index (χ3n) is 4.17. The number of hydrogen-bond donors (Lipinski definition) is 2. The number of esters is 1. The van der Waals surface area contributed by atoms with E-state index >= 15 is 0 Å². The minimum absolute atomic E-state index is 0.0126. The van der Waals surface area contributed by atoms with Crippen LogP contribution in [-0.4, -0.2) is 42.4 Å². The zero-order chi connectivity index (χ0) is 21.3. The molecule has 0 fully saturated rings. The standard InChI is InChI=1S/C22H34N2O4/c1-15(2)18(14-23-13-16(3)25)20(26)24-19(21(27)28-22(4,5)6)12-17-10-8-7-9-11-17/h7-11,15,18-19,23H,12-14H2,1-6H3,(H,24,26). The van der Waals surface area contributed by atoms with Crippen molar-refractivity contribution in [2.75, 3.05) is 13.1 Å². The topological polar surface area (TPSA) is 84.5 Å². The van der Waals surface area contributed by atoms with E-state index in [1.165, 1.54) is 6.92 Å². The van der Waals surface area contributed by atoms with Crippen molar-refractivity contribution in [3.63, 3.8) is 0 Å². The summed E-state index contributed by atoms with van der Waals surface area (Å²) < 4.78 is 5.51. The Labute approximate surface area is 168 Å². The minimum atomic E-state index is -0.775. The first-order chi connectivity index (χ1) is 13.0. The number of nitrogens with one attached hydrogen (secondary N) is 2. The summed E-state index contributed by atoms with van der Waals surface area (Å²) in [6, 6.07) is 8.75. The van der Waals surface area contributed by atoms with Gasteiger partial charge in [-0.1, -0.05) is 44.2 Å². The van der Waals surface area contributed by atoms with Crippen LogP contribution in [0, 0.1) is 11.8 Å². The van der Waals surface area contributed by atoms with E-state index in [9.17, 15) is 14.4 Å². The van der Waals surface area contributed by atoms with Crippen molar-refractivity contribution in [3.8, 4) is 0 Å². The van der Waals surface area contributed by atoms with Crippen molar-refractivity contribution in [1.82, 2.24) is 10.6 Å². The first kappa shape index (κ1) is 23.8. The molecule has 0 bridgehead atoms. The van der Waals surface area contributed by atoms with Crippen LogP contribution in [0.25, 0.3) is 0 Å². The largest absolute Gasteiger partial charge is 0.458 e. The fourth-order valence-corrected chi connectivity index (χ4v) is 2.73. The number of Topliss-reactive ketones (excluding diaryl/α,β-unsaturated/α-hetero) is 1. The van der Waals surface area contributed by atoms with E-state index in [4.69, 9.17) is 4.74 Å². The van der Waals surface area contributed by atoms with Gasteiger partial charge in [0, 0.05) is 13.0 Å². The van der Waals surface area contributed by atoms with Gasteiger partial charge in [0.2, 0.25) is 5.91 Å². The molecule has 1 rings (SSSR count). The summed E-state index contributed by atoms with van der Waals surface area (Å²) in [6.45, 7) is 11.4. The molecule has 1 aromatic rings. The van der Waals surface area contributed by atoms with Crippen molar-refractivity contribution >= 4 is 17.7 Å². The number of benzene rings is 1. The summed E-state index contributed by atoms with van der Waals surface area (Å²) in [5.41, 5.74) is 0.298. The second kappa shape index (κ2) is 11.0.